The number of carbonyl (C=O) groups excluding carboxylic acids is 1. The van der Waals surface area contributed by atoms with Gasteiger partial charge >= 0.3 is 0 Å². The minimum absolute atomic E-state index is 0.0854. The Hall–Kier alpha value is -1.25. The van der Waals surface area contributed by atoms with Crippen LogP contribution in [0.25, 0.3) is 6.08 Å². The van der Waals surface area contributed by atoms with E-state index in [1.54, 1.807) is 11.0 Å². The first-order valence-corrected chi connectivity index (χ1v) is 9.98. The lowest BCUT2D eigenvalue weighted by Gasteiger charge is -2.35. The van der Waals surface area contributed by atoms with Gasteiger partial charge in [0.15, 0.2) is 0 Å². The Bertz CT molecular complexity index is 652. The predicted molar refractivity (Wildman–Crippen MR) is 88.1 cm³/mol. The number of hydrogen-bond acceptors (Lipinski definition) is 5. The average Bonchev–Trinajstić information content (AvgIpc) is 2.88. The van der Waals surface area contributed by atoms with Gasteiger partial charge in [-0.25, -0.2) is 18.1 Å². The summed E-state index contributed by atoms with van der Waals surface area (Å²) in [5.74, 6) is -0.0920. The van der Waals surface area contributed by atoms with Crippen LogP contribution in [0.3, 0.4) is 0 Å². The van der Waals surface area contributed by atoms with E-state index in [4.69, 9.17) is 0 Å². The van der Waals surface area contributed by atoms with Gasteiger partial charge in [-0.3, -0.25) is 4.79 Å². The Labute approximate surface area is 135 Å². The Morgan fingerprint density at radius 2 is 2.32 bits per heavy atom. The number of piperidine rings is 1. The van der Waals surface area contributed by atoms with Crippen molar-refractivity contribution in [2.45, 2.75) is 32.2 Å². The Balaban J connectivity index is 2.00. The Morgan fingerprint density at radius 1 is 1.55 bits per heavy atom. The number of aromatic nitrogens is 1. The molecule has 1 unspecified atom stereocenters. The first-order chi connectivity index (χ1) is 10.3. The summed E-state index contributed by atoms with van der Waals surface area (Å²) in [6, 6.07) is -0.0854. The summed E-state index contributed by atoms with van der Waals surface area (Å²) in [6.07, 6.45) is 7.14. The van der Waals surface area contributed by atoms with Crippen molar-refractivity contribution in [2.75, 3.05) is 19.3 Å². The maximum atomic E-state index is 12.4. The van der Waals surface area contributed by atoms with Gasteiger partial charge in [0, 0.05) is 30.6 Å². The van der Waals surface area contributed by atoms with E-state index in [9.17, 15) is 13.2 Å². The second-order valence-electron chi connectivity index (χ2n) is 5.43. The molecule has 22 heavy (non-hydrogen) atoms. The molecule has 2 heterocycles. The molecule has 2 rings (SSSR count). The molecule has 1 atom stereocenters. The lowest BCUT2D eigenvalue weighted by molar-refractivity contribution is -0.129. The van der Waals surface area contributed by atoms with Gasteiger partial charge in [0.25, 0.3) is 0 Å². The summed E-state index contributed by atoms with van der Waals surface area (Å²) in [6.45, 7) is 2.85. The highest BCUT2D eigenvalue weighted by molar-refractivity contribution is 7.88. The molecule has 1 saturated heterocycles. The summed E-state index contributed by atoms with van der Waals surface area (Å²) in [4.78, 5) is 18.4. The van der Waals surface area contributed by atoms with E-state index in [2.05, 4.69) is 9.71 Å². The van der Waals surface area contributed by atoms with Crippen LogP contribution in [-0.4, -0.2) is 49.6 Å². The van der Waals surface area contributed by atoms with Crippen molar-refractivity contribution in [3.63, 3.8) is 0 Å². The van der Waals surface area contributed by atoms with Crippen LogP contribution >= 0.6 is 11.3 Å². The highest BCUT2D eigenvalue weighted by atomic mass is 32.2. The number of sulfonamides is 1. The molecule has 1 aromatic rings. The summed E-state index contributed by atoms with van der Waals surface area (Å²) < 4.78 is 25.0. The van der Waals surface area contributed by atoms with Gasteiger partial charge in [-0.2, -0.15) is 0 Å². The molecule has 1 N–H and O–H groups in total. The molecule has 1 aromatic heterocycles. The fourth-order valence-electron chi connectivity index (χ4n) is 2.46. The molecule has 6 nitrogen and oxygen atoms in total. The van der Waals surface area contributed by atoms with E-state index in [-0.39, 0.29) is 18.5 Å². The molecule has 0 spiro atoms. The van der Waals surface area contributed by atoms with Gasteiger partial charge in [-0.05, 0) is 32.3 Å². The third kappa shape index (κ3) is 5.19. The van der Waals surface area contributed by atoms with Crippen LogP contribution < -0.4 is 4.72 Å². The molecule has 0 aromatic carbocycles. The van der Waals surface area contributed by atoms with Crippen LogP contribution in [-0.2, 0) is 14.8 Å². The molecule has 1 amide bonds. The standard InChI is InChI=1S/C14H21N3O3S2/c1-11-16-12(10-21-11)6-7-14(18)17-8-4-3-5-13(17)9-15-22(2,19)20/h6-7,10,13,15H,3-5,8-9H2,1-2H3/b7-6+. The van der Waals surface area contributed by atoms with E-state index in [0.29, 0.717) is 6.54 Å². The van der Waals surface area contributed by atoms with Crippen molar-refractivity contribution in [2.24, 2.45) is 0 Å². The molecule has 1 aliphatic heterocycles. The third-order valence-corrected chi connectivity index (χ3v) is 5.01. The molecular weight excluding hydrogens is 322 g/mol. The van der Waals surface area contributed by atoms with Crippen LogP contribution in [0.1, 0.15) is 30.0 Å². The monoisotopic (exact) mass is 343 g/mol. The smallest absolute Gasteiger partial charge is 0.246 e. The van der Waals surface area contributed by atoms with E-state index < -0.39 is 10.0 Å². The molecule has 0 aliphatic carbocycles. The zero-order chi connectivity index (χ0) is 16.2. The quantitative estimate of drug-likeness (QED) is 0.820. The van der Waals surface area contributed by atoms with Crippen LogP contribution in [0.5, 0.6) is 0 Å². The van der Waals surface area contributed by atoms with Crippen LogP contribution in [0, 0.1) is 6.92 Å². The normalized spacial score (nSPS) is 19.7. The van der Waals surface area contributed by atoms with Crippen LogP contribution in [0.15, 0.2) is 11.5 Å². The van der Waals surface area contributed by atoms with E-state index in [0.717, 1.165) is 36.2 Å². The molecule has 0 saturated carbocycles. The molecular formula is C14H21N3O3S2. The predicted octanol–water partition coefficient (Wildman–Crippen LogP) is 1.40. The Kier molecular flexibility index (Phi) is 5.71. The van der Waals surface area contributed by atoms with Crippen LogP contribution in [0.2, 0.25) is 0 Å². The van der Waals surface area contributed by atoms with E-state index in [1.165, 1.54) is 17.4 Å². The summed E-state index contributed by atoms with van der Waals surface area (Å²) in [5, 5.41) is 2.86. The second-order valence-corrected chi connectivity index (χ2v) is 8.32. The molecule has 1 fully saturated rings. The number of hydrogen-bond donors (Lipinski definition) is 1. The summed E-state index contributed by atoms with van der Waals surface area (Å²) in [7, 11) is -3.24. The van der Waals surface area contributed by atoms with Gasteiger partial charge in [0.1, 0.15) is 0 Å². The van der Waals surface area contributed by atoms with Crippen molar-refractivity contribution < 1.29 is 13.2 Å². The topological polar surface area (TPSA) is 79.4 Å². The van der Waals surface area contributed by atoms with Crippen LogP contribution in [0.4, 0.5) is 0 Å². The van der Waals surface area contributed by atoms with Gasteiger partial charge in [-0.1, -0.05) is 0 Å². The summed E-state index contributed by atoms with van der Waals surface area (Å²) in [5.41, 5.74) is 0.777. The largest absolute Gasteiger partial charge is 0.335 e. The Morgan fingerprint density at radius 3 is 2.95 bits per heavy atom. The van der Waals surface area contributed by atoms with Crippen molar-refractivity contribution in [1.82, 2.24) is 14.6 Å². The van der Waals surface area contributed by atoms with Gasteiger partial charge in [-0.15, -0.1) is 11.3 Å². The van der Waals surface area contributed by atoms with E-state index in [1.807, 2.05) is 12.3 Å². The molecule has 122 valence electrons. The minimum Gasteiger partial charge on any atom is -0.335 e. The number of nitrogens with zero attached hydrogens (tertiary/aromatic N) is 2. The van der Waals surface area contributed by atoms with Crippen molar-refractivity contribution in [1.29, 1.82) is 0 Å². The van der Waals surface area contributed by atoms with E-state index >= 15 is 0 Å². The fraction of sp³-hybridized carbons (Fsp3) is 0.571. The van der Waals surface area contributed by atoms with Crippen molar-refractivity contribution in [3.05, 3.63) is 22.2 Å². The maximum absolute atomic E-state index is 12.4. The maximum Gasteiger partial charge on any atom is 0.246 e. The number of carbonyl (C=O) groups is 1. The SMILES string of the molecule is Cc1nc(/C=C/C(=O)N2CCCCC2CNS(C)(=O)=O)cs1. The fourth-order valence-corrected chi connectivity index (χ4v) is 3.54. The number of rotatable bonds is 5. The van der Waals surface area contributed by atoms with Crippen molar-refractivity contribution in [3.8, 4) is 0 Å². The molecule has 1 aliphatic rings. The van der Waals surface area contributed by atoms with Gasteiger partial charge in [0.05, 0.1) is 17.0 Å². The van der Waals surface area contributed by atoms with Gasteiger partial charge in [0.2, 0.25) is 15.9 Å². The number of nitrogens with one attached hydrogen (secondary N) is 1. The number of thiazole rings is 1. The zero-order valence-electron chi connectivity index (χ0n) is 12.8. The minimum atomic E-state index is -3.24. The highest BCUT2D eigenvalue weighted by Crippen LogP contribution is 2.18. The molecule has 0 bridgehead atoms. The van der Waals surface area contributed by atoms with Gasteiger partial charge < -0.3 is 4.90 Å². The average molecular weight is 343 g/mol. The number of likely N-dealkylation sites (tertiary alicyclic amines) is 1. The van der Waals surface area contributed by atoms with Crippen molar-refractivity contribution >= 4 is 33.3 Å². The first kappa shape index (κ1) is 17.1. The third-order valence-electron chi connectivity index (χ3n) is 3.52. The first-order valence-electron chi connectivity index (χ1n) is 7.20. The summed E-state index contributed by atoms with van der Waals surface area (Å²) >= 11 is 1.54. The number of aryl methyl sites for hydroxylation is 1. The zero-order valence-corrected chi connectivity index (χ0v) is 14.4. The second kappa shape index (κ2) is 7.34. The lowest BCUT2D eigenvalue weighted by Crippen LogP contribution is -2.48. The highest BCUT2D eigenvalue weighted by Gasteiger charge is 2.25. The number of amides is 1. The molecule has 8 heteroatoms. The molecule has 0 radical (unpaired) electrons. The lowest BCUT2D eigenvalue weighted by atomic mass is 10.0.